The molecule has 26 heavy (non-hydrogen) atoms. The minimum Gasteiger partial charge on any atom is -0.459 e. The van der Waals surface area contributed by atoms with E-state index in [1.54, 1.807) is 24.3 Å². The average Bonchev–Trinajstić information content (AvgIpc) is 3.26. The van der Waals surface area contributed by atoms with Crippen LogP contribution in [0, 0.1) is 10.1 Å². The number of nitrogens with one attached hydrogen (secondary N) is 1. The first-order chi connectivity index (χ1) is 12.5. The zero-order chi connectivity index (χ0) is 18.5. The predicted molar refractivity (Wildman–Crippen MR) is 99.2 cm³/mol. The molecule has 0 spiro atoms. The number of furan rings is 1. The van der Waals surface area contributed by atoms with Gasteiger partial charge in [0.1, 0.15) is 11.5 Å². The van der Waals surface area contributed by atoms with Gasteiger partial charge in [0, 0.05) is 24.2 Å². The van der Waals surface area contributed by atoms with Crippen molar-refractivity contribution in [3.63, 3.8) is 0 Å². The van der Waals surface area contributed by atoms with Crippen molar-refractivity contribution in [3.8, 4) is 11.3 Å². The third-order valence-electron chi connectivity index (χ3n) is 4.43. The molecular formula is C18H22ClN3O4. The molecule has 2 aromatic rings. The molecule has 0 amide bonds. The number of rotatable bonds is 8. The van der Waals surface area contributed by atoms with E-state index in [0.29, 0.717) is 41.7 Å². The fourth-order valence-corrected chi connectivity index (χ4v) is 3.34. The molecule has 1 aliphatic heterocycles. The molecule has 1 unspecified atom stereocenters. The Hall–Kier alpha value is -1.93. The summed E-state index contributed by atoms with van der Waals surface area (Å²) in [6.07, 6.45) is 1.97. The van der Waals surface area contributed by atoms with Crippen LogP contribution in [0.3, 0.4) is 0 Å². The quantitative estimate of drug-likeness (QED) is 0.541. The summed E-state index contributed by atoms with van der Waals surface area (Å²) in [6.45, 7) is 3.69. The molecule has 2 N–H and O–H groups in total. The fraction of sp³-hybridized carbons (Fsp3) is 0.444. The largest absolute Gasteiger partial charge is 0.459 e. The number of benzene rings is 1. The van der Waals surface area contributed by atoms with Crippen LogP contribution in [-0.4, -0.2) is 47.2 Å². The second kappa shape index (κ2) is 8.64. The molecule has 0 saturated carbocycles. The number of hydrogen-bond donors (Lipinski definition) is 2. The molecule has 1 atom stereocenters. The van der Waals surface area contributed by atoms with E-state index >= 15 is 0 Å². The molecule has 8 heteroatoms. The summed E-state index contributed by atoms with van der Waals surface area (Å²) in [5, 5.41) is 24.7. The van der Waals surface area contributed by atoms with Gasteiger partial charge in [-0.15, -0.1) is 0 Å². The summed E-state index contributed by atoms with van der Waals surface area (Å²) in [5.74, 6) is 1.07. The van der Waals surface area contributed by atoms with E-state index in [2.05, 4.69) is 10.2 Å². The summed E-state index contributed by atoms with van der Waals surface area (Å²) in [7, 11) is 0. The predicted octanol–water partition coefficient (Wildman–Crippen LogP) is 3.05. The Balaban J connectivity index is 1.56. The summed E-state index contributed by atoms with van der Waals surface area (Å²) in [6, 6.07) is 7.96. The van der Waals surface area contributed by atoms with Crippen LogP contribution in [0.25, 0.3) is 11.3 Å². The first kappa shape index (κ1) is 18.8. The number of aliphatic hydroxyl groups is 1. The third-order valence-corrected chi connectivity index (χ3v) is 4.67. The first-order valence-electron chi connectivity index (χ1n) is 8.67. The van der Waals surface area contributed by atoms with Crippen LogP contribution < -0.4 is 5.32 Å². The topological polar surface area (TPSA) is 91.8 Å². The van der Waals surface area contributed by atoms with E-state index in [1.165, 1.54) is 18.9 Å². The summed E-state index contributed by atoms with van der Waals surface area (Å²) >= 11 is 5.84. The van der Waals surface area contributed by atoms with Crippen molar-refractivity contribution in [3.05, 3.63) is 51.2 Å². The van der Waals surface area contributed by atoms with E-state index in [9.17, 15) is 15.2 Å². The van der Waals surface area contributed by atoms with Crippen molar-refractivity contribution < 1.29 is 14.4 Å². The van der Waals surface area contributed by atoms with Crippen molar-refractivity contribution in [2.24, 2.45) is 0 Å². The lowest BCUT2D eigenvalue weighted by molar-refractivity contribution is -0.384. The smallest absolute Gasteiger partial charge is 0.281 e. The number of aliphatic hydroxyl groups excluding tert-OH is 1. The Labute approximate surface area is 156 Å². The lowest BCUT2D eigenvalue weighted by Crippen LogP contribution is -2.36. The summed E-state index contributed by atoms with van der Waals surface area (Å²) < 4.78 is 5.71. The number of nitrogens with zero attached hydrogens (tertiary/aromatic N) is 2. The van der Waals surface area contributed by atoms with Crippen LogP contribution >= 0.6 is 11.6 Å². The van der Waals surface area contributed by atoms with E-state index in [-0.39, 0.29) is 5.69 Å². The van der Waals surface area contributed by atoms with Crippen LogP contribution in [0.15, 0.2) is 34.7 Å². The number of β-amino-alcohol motifs (C(OH)–C–C–N with tert-alkyl or cyclic N) is 1. The molecule has 1 aromatic heterocycles. The maximum Gasteiger partial charge on any atom is 0.281 e. The maximum atomic E-state index is 11.2. The lowest BCUT2D eigenvalue weighted by atomic mass is 10.1. The monoisotopic (exact) mass is 379 g/mol. The number of hydrogen-bond acceptors (Lipinski definition) is 6. The second-order valence-corrected chi connectivity index (χ2v) is 6.91. The highest BCUT2D eigenvalue weighted by Gasteiger charge is 2.19. The Morgan fingerprint density at radius 3 is 2.81 bits per heavy atom. The van der Waals surface area contributed by atoms with Crippen molar-refractivity contribution in [2.45, 2.75) is 25.5 Å². The Bertz CT molecular complexity index is 759. The molecule has 7 nitrogen and oxygen atoms in total. The van der Waals surface area contributed by atoms with Crippen LogP contribution in [0.1, 0.15) is 18.6 Å². The van der Waals surface area contributed by atoms with Gasteiger partial charge in [0.05, 0.1) is 23.1 Å². The van der Waals surface area contributed by atoms with E-state index in [0.717, 1.165) is 13.1 Å². The van der Waals surface area contributed by atoms with Gasteiger partial charge in [0.15, 0.2) is 0 Å². The number of likely N-dealkylation sites (tertiary alicyclic amines) is 1. The molecule has 0 radical (unpaired) electrons. The Morgan fingerprint density at radius 2 is 2.08 bits per heavy atom. The highest BCUT2D eigenvalue weighted by Crippen LogP contribution is 2.33. The van der Waals surface area contributed by atoms with Gasteiger partial charge in [-0.25, -0.2) is 0 Å². The van der Waals surface area contributed by atoms with Gasteiger partial charge in [-0.3, -0.25) is 10.1 Å². The molecule has 3 rings (SSSR count). The van der Waals surface area contributed by atoms with Crippen LogP contribution in [-0.2, 0) is 6.54 Å². The van der Waals surface area contributed by atoms with Gasteiger partial charge in [-0.2, -0.15) is 0 Å². The van der Waals surface area contributed by atoms with Gasteiger partial charge < -0.3 is 19.7 Å². The minimum atomic E-state index is -0.476. The van der Waals surface area contributed by atoms with Gasteiger partial charge in [-0.05, 0) is 50.2 Å². The van der Waals surface area contributed by atoms with Crippen molar-refractivity contribution in [1.29, 1.82) is 0 Å². The number of nitro benzene ring substituents is 1. The van der Waals surface area contributed by atoms with E-state index in [4.69, 9.17) is 16.0 Å². The zero-order valence-corrected chi connectivity index (χ0v) is 15.1. The Morgan fingerprint density at radius 1 is 1.31 bits per heavy atom. The highest BCUT2D eigenvalue weighted by molar-refractivity contribution is 6.30. The van der Waals surface area contributed by atoms with Crippen molar-refractivity contribution >= 4 is 17.3 Å². The molecule has 1 fully saturated rings. The lowest BCUT2D eigenvalue weighted by Gasteiger charge is -2.19. The average molecular weight is 380 g/mol. The van der Waals surface area contributed by atoms with Gasteiger partial charge in [0.2, 0.25) is 0 Å². The van der Waals surface area contributed by atoms with E-state index < -0.39 is 11.0 Å². The standard InChI is InChI=1S/C18H22ClN3O4/c19-13-3-5-16(17(9-13)22(24)25)18-6-4-15(26-18)11-20-10-14(23)12-21-7-1-2-8-21/h3-6,9,14,20,23H,1-2,7-8,10-12H2. The summed E-state index contributed by atoms with van der Waals surface area (Å²) in [5.41, 5.74) is 0.298. The molecule has 2 heterocycles. The molecule has 0 aliphatic carbocycles. The minimum absolute atomic E-state index is 0.0904. The fourth-order valence-electron chi connectivity index (χ4n) is 3.17. The first-order valence-corrected chi connectivity index (χ1v) is 9.05. The number of nitro groups is 1. The van der Waals surface area contributed by atoms with Gasteiger partial charge in [0.25, 0.3) is 5.69 Å². The molecule has 140 valence electrons. The molecule has 1 aliphatic rings. The van der Waals surface area contributed by atoms with E-state index in [1.807, 2.05) is 0 Å². The zero-order valence-electron chi connectivity index (χ0n) is 14.4. The second-order valence-electron chi connectivity index (χ2n) is 6.48. The normalized spacial score (nSPS) is 16.1. The molecule has 0 bridgehead atoms. The van der Waals surface area contributed by atoms with Crippen LogP contribution in [0.2, 0.25) is 5.02 Å². The van der Waals surface area contributed by atoms with Crippen LogP contribution in [0.5, 0.6) is 0 Å². The number of halogens is 1. The highest BCUT2D eigenvalue weighted by atomic mass is 35.5. The van der Waals surface area contributed by atoms with Gasteiger partial charge >= 0.3 is 0 Å². The van der Waals surface area contributed by atoms with Crippen molar-refractivity contribution in [1.82, 2.24) is 10.2 Å². The van der Waals surface area contributed by atoms with Crippen molar-refractivity contribution in [2.75, 3.05) is 26.2 Å². The maximum absolute atomic E-state index is 11.2. The summed E-state index contributed by atoms with van der Waals surface area (Å²) in [4.78, 5) is 13.0. The third kappa shape index (κ3) is 4.82. The van der Waals surface area contributed by atoms with Gasteiger partial charge in [-0.1, -0.05) is 11.6 Å². The molecular weight excluding hydrogens is 358 g/mol. The molecule has 1 saturated heterocycles. The SMILES string of the molecule is O=[N+]([O-])c1cc(Cl)ccc1-c1ccc(CNCC(O)CN2CCCC2)o1. The molecule has 1 aromatic carbocycles. The Kier molecular flexibility index (Phi) is 6.26. The van der Waals surface area contributed by atoms with Crippen LogP contribution in [0.4, 0.5) is 5.69 Å².